The molecule has 0 unspecified atom stereocenters. The minimum absolute atomic E-state index is 0.718. The van der Waals surface area contributed by atoms with Crippen molar-refractivity contribution in [1.82, 2.24) is 0 Å². The molecule has 0 N–H and O–H groups in total. The SMILES string of the molecule is CC(C=O)=CC1CCC1. The monoisotopic (exact) mass is 124 g/mol. The first kappa shape index (κ1) is 6.53. The molecular formula is C8H12O. The lowest BCUT2D eigenvalue weighted by molar-refractivity contribution is -0.104. The number of carbonyl (C=O) groups excluding carboxylic acids is 1. The minimum Gasteiger partial charge on any atom is -0.298 e. The molecule has 9 heavy (non-hydrogen) atoms. The molecule has 50 valence electrons. The Bertz CT molecular complexity index is 132. The van der Waals surface area contributed by atoms with Gasteiger partial charge in [0.05, 0.1) is 0 Å². The highest BCUT2D eigenvalue weighted by molar-refractivity contribution is 5.72. The van der Waals surface area contributed by atoms with E-state index in [1.165, 1.54) is 19.3 Å². The van der Waals surface area contributed by atoms with Crippen molar-refractivity contribution in [1.29, 1.82) is 0 Å². The standard InChI is InChI=1S/C8H12O/c1-7(6-9)5-8-3-2-4-8/h5-6,8H,2-4H2,1H3. The van der Waals surface area contributed by atoms with Gasteiger partial charge in [0.15, 0.2) is 0 Å². The lowest BCUT2D eigenvalue weighted by Crippen LogP contribution is -2.07. The van der Waals surface area contributed by atoms with Gasteiger partial charge in [-0.15, -0.1) is 0 Å². The third kappa shape index (κ3) is 1.67. The van der Waals surface area contributed by atoms with Crippen molar-refractivity contribution in [3.8, 4) is 0 Å². The van der Waals surface area contributed by atoms with E-state index < -0.39 is 0 Å². The molecule has 0 aromatic heterocycles. The average Bonchev–Trinajstić information content (AvgIpc) is 1.78. The van der Waals surface area contributed by atoms with Crippen molar-refractivity contribution in [3.05, 3.63) is 11.6 Å². The maximum Gasteiger partial charge on any atom is 0.145 e. The molecular weight excluding hydrogens is 112 g/mol. The summed E-state index contributed by atoms with van der Waals surface area (Å²) < 4.78 is 0. The summed E-state index contributed by atoms with van der Waals surface area (Å²) in [4.78, 5) is 10.1. The zero-order chi connectivity index (χ0) is 6.69. The Balaban J connectivity index is 2.35. The van der Waals surface area contributed by atoms with Crippen LogP contribution in [0.5, 0.6) is 0 Å². The molecule has 1 fully saturated rings. The normalized spacial score (nSPS) is 21.2. The van der Waals surface area contributed by atoms with Crippen LogP contribution < -0.4 is 0 Å². The van der Waals surface area contributed by atoms with E-state index in [0.29, 0.717) is 0 Å². The molecule has 1 saturated carbocycles. The predicted octanol–water partition coefficient (Wildman–Crippen LogP) is 1.93. The average molecular weight is 124 g/mol. The summed E-state index contributed by atoms with van der Waals surface area (Å²) in [5, 5.41) is 0. The van der Waals surface area contributed by atoms with E-state index in [-0.39, 0.29) is 0 Å². The van der Waals surface area contributed by atoms with Crippen molar-refractivity contribution in [3.63, 3.8) is 0 Å². The highest BCUT2D eigenvalue weighted by atomic mass is 16.1. The molecule has 0 bridgehead atoms. The molecule has 0 radical (unpaired) electrons. The van der Waals surface area contributed by atoms with Crippen LogP contribution in [-0.4, -0.2) is 6.29 Å². The molecule has 0 heterocycles. The van der Waals surface area contributed by atoms with Crippen LogP contribution in [0.1, 0.15) is 26.2 Å². The Morgan fingerprint density at radius 2 is 2.22 bits per heavy atom. The van der Waals surface area contributed by atoms with Gasteiger partial charge < -0.3 is 0 Å². The number of rotatable bonds is 2. The zero-order valence-electron chi connectivity index (χ0n) is 5.76. The summed E-state index contributed by atoms with van der Waals surface area (Å²) in [5.41, 5.74) is 0.889. The largest absolute Gasteiger partial charge is 0.298 e. The van der Waals surface area contributed by atoms with E-state index in [1.54, 1.807) is 0 Å². The van der Waals surface area contributed by atoms with Gasteiger partial charge in [-0.05, 0) is 31.3 Å². The molecule has 0 aromatic rings. The molecule has 1 nitrogen and oxygen atoms in total. The van der Waals surface area contributed by atoms with Gasteiger partial charge in [0.2, 0.25) is 0 Å². The summed E-state index contributed by atoms with van der Waals surface area (Å²) >= 11 is 0. The highest BCUT2D eigenvalue weighted by Gasteiger charge is 2.13. The fourth-order valence-electron chi connectivity index (χ4n) is 1.02. The van der Waals surface area contributed by atoms with Crippen LogP contribution in [0, 0.1) is 5.92 Å². The van der Waals surface area contributed by atoms with E-state index in [2.05, 4.69) is 6.08 Å². The first-order valence-electron chi connectivity index (χ1n) is 3.46. The van der Waals surface area contributed by atoms with Gasteiger partial charge in [-0.2, -0.15) is 0 Å². The Labute approximate surface area is 55.8 Å². The fourth-order valence-corrected chi connectivity index (χ4v) is 1.02. The first-order valence-corrected chi connectivity index (χ1v) is 3.46. The number of hydrogen-bond acceptors (Lipinski definition) is 1. The van der Waals surface area contributed by atoms with Crippen LogP contribution in [0.3, 0.4) is 0 Å². The van der Waals surface area contributed by atoms with Crippen molar-refractivity contribution in [2.75, 3.05) is 0 Å². The van der Waals surface area contributed by atoms with E-state index >= 15 is 0 Å². The lowest BCUT2D eigenvalue weighted by atomic mass is 9.84. The van der Waals surface area contributed by atoms with Crippen LogP contribution in [-0.2, 0) is 4.79 Å². The molecule has 0 saturated heterocycles. The van der Waals surface area contributed by atoms with E-state index in [9.17, 15) is 4.79 Å². The number of hydrogen-bond donors (Lipinski definition) is 0. The smallest absolute Gasteiger partial charge is 0.145 e. The second-order valence-electron chi connectivity index (χ2n) is 2.72. The van der Waals surface area contributed by atoms with Crippen molar-refractivity contribution < 1.29 is 4.79 Å². The van der Waals surface area contributed by atoms with Crippen molar-refractivity contribution >= 4 is 6.29 Å². The van der Waals surface area contributed by atoms with E-state index in [0.717, 1.165) is 17.8 Å². The summed E-state index contributed by atoms with van der Waals surface area (Å²) in [6, 6.07) is 0. The molecule has 1 rings (SSSR count). The molecule has 0 amide bonds. The molecule has 0 atom stereocenters. The Morgan fingerprint density at radius 3 is 2.56 bits per heavy atom. The van der Waals surface area contributed by atoms with Gasteiger partial charge >= 0.3 is 0 Å². The zero-order valence-corrected chi connectivity index (χ0v) is 5.76. The Morgan fingerprint density at radius 1 is 1.56 bits per heavy atom. The quantitative estimate of drug-likeness (QED) is 0.406. The molecule has 1 aliphatic rings. The van der Waals surface area contributed by atoms with Gasteiger partial charge in [0, 0.05) is 0 Å². The van der Waals surface area contributed by atoms with E-state index in [4.69, 9.17) is 0 Å². The fraction of sp³-hybridized carbons (Fsp3) is 0.625. The second-order valence-corrected chi connectivity index (χ2v) is 2.72. The third-order valence-corrected chi connectivity index (χ3v) is 1.83. The molecule has 0 spiro atoms. The summed E-state index contributed by atoms with van der Waals surface area (Å²) in [6.07, 6.45) is 6.92. The summed E-state index contributed by atoms with van der Waals surface area (Å²) in [6.45, 7) is 1.87. The van der Waals surface area contributed by atoms with Crippen LogP contribution in [0.15, 0.2) is 11.6 Å². The second kappa shape index (κ2) is 2.81. The molecule has 0 aliphatic heterocycles. The third-order valence-electron chi connectivity index (χ3n) is 1.83. The maximum absolute atomic E-state index is 10.1. The van der Waals surface area contributed by atoms with Gasteiger partial charge in [-0.25, -0.2) is 0 Å². The Hall–Kier alpha value is -0.590. The van der Waals surface area contributed by atoms with Gasteiger partial charge in [-0.1, -0.05) is 12.5 Å². The van der Waals surface area contributed by atoms with Crippen molar-refractivity contribution in [2.45, 2.75) is 26.2 Å². The topological polar surface area (TPSA) is 17.1 Å². The predicted molar refractivity (Wildman–Crippen MR) is 37.2 cm³/mol. The summed E-state index contributed by atoms with van der Waals surface area (Å²) in [5.74, 6) is 0.718. The van der Waals surface area contributed by atoms with Crippen LogP contribution in [0.2, 0.25) is 0 Å². The van der Waals surface area contributed by atoms with E-state index in [1.807, 2.05) is 6.92 Å². The van der Waals surface area contributed by atoms with Crippen LogP contribution >= 0.6 is 0 Å². The van der Waals surface area contributed by atoms with Crippen molar-refractivity contribution in [2.24, 2.45) is 5.92 Å². The lowest BCUT2D eigenvalue weighted by Gasteiger charge is -2.21. The maximum atomic E-state index is 10.1. The van der Waals surface area contributed by atoms with Gasteiger partial charge in [-0.3, -0.25) is 4.79 Å². The number of aldehydes is 1. The minimum atomic E-state index is 0.718. The number of allylic oxidation sites excluding steroid dienone is 2. The first-order chi connectivity index (χ1) is 4.33. The molecule has 1 heteroatoms. The highest BCUT2D eigenvalue weighted by Crippen LogP contribution is 2.27. The van der Waals surface area contributed by atoms with Gasteiger partial charge in [0.1, 0.15) is 6.29 Å². The Kier molecular flexibility index (Phi) is 2.04. The van der Waals surface area contributed by atoms with Crippen LogP contribution in [0.4, 0.5) is 0 Å². The number of carbonyl (C=O) groups is 1. The summed E-state index contributed by atoms with van der Waals surface area (Å²) in [7, 11) is 0. The van der Waals surface area contributed by atoms with Gasteiger partial charge in [0.25, 0.3) is 0 Å². The van der Waals surface area contributed by atoms with Crippen LogP contribution in [0.25, 0.3) is 0 Å². The molecule has 1 aliphatic carbocycles. The molecule has 0 aromatic carbocycles.